The minimum absolute atomic E-state index is 0.212. The van der Waals surface area contributed by atoms with Gasteiger partial charge in [-0.3, -0.25) is 9.59 Å². The SMILES string of the molecule is CCCCC/C=C/C/C=C/CCCCCCCC(=O)O[C@@H](COC(=O)CCCCCCC/C=C/CCCCCCC)CO[C@H]1O[C@@H](CO)[C@@H](O)C(O)C1O. The average Bonchev–Trinajstić information content (AvgIpc) is 3.17. The highest BCUT2D eigenvalue weighted by molar-refractivity contribution is 5.70. The van der Waals surface area contributed by atoms with Crippen molar-refractivity contribution < 1.29 is 49.0 Å². The zero-order chi connectivity index (χ0) is 39.5. The molecule has 0 amide bonds. The quantitative estimate of drug-likeness (QED) is 0.0280. The minimum atomic E-state index is -1.60. The van der Waals surface area contributed by atoms with Gasteiger partial charge in [-0.05, 0) is 70.6 Å². The molecule has 10 heteroatoms. The van der Waals surface area contributed by atoms with Crippen LogP contribution in [0.15, 0.2) is 36.5 Å². The van der Waals surface area contributed by atoms with E-state index >= 15 is 0 Å². The Kier molecular flexibility index (Phi) is 32.7. The lowest BCUT2D eigenvalue weighted by Crippen LogP contribution is -2.59. The highest BCUT2D eigenvalue weighted by atomic mass is 16.7. The van der Waals surface area contributed by atoms with E-state index in [4.69, 9.17) is 18.9 Å². The molecule has 0 aliphatic carbocycles. The van der Waals surface area contributed by atoms with Gasteiger partial charge in [0.25, 0.3) is 0 Å². The summed E-state index contributed by atoms with van der Waals surface area (Å²) in [5, 5.41) is 40.0. The number of esters is 2. The second-order valence-corrected chi connectivity index (χ2v) is 14.8. The van der Waals surface area contributed by atoms with Crippen molar-refractivity contribution in [1.29, 1.82) is 0 Å². The number of aliphatic hydroxyl groups is 4. The van der Waals surface area contributed by atoms with E-state index in [1.807, 2.05) is 0 Å². The molecule has 314 valence electrons. The third-order valence-electron chi connectivity index (χ3n) is 9.75. The lowest BCUT2D eigenvalue weighted by atomic mass is 9.99. The molecule has 1 saturated heterocycles. The molecule has 1 fully saturated rings. The van der Waals surface area contributed by atoms with Crippen LogP contribution in [0.25, 0.3) is 0 Å². The molecule has 0 spiro atoms. The van der Waals surface area contributed by atoms with Gasteiger partial charge in [0.15, 0.2) is 12.4 Å². The third-order valence-corrected chi connectivity index (χ3v) is 9.75. The van der Waals surface area contributed by atoms with Crippen LogP contribution >= 0.6 is 0 Å². The van der Waals surface area contributed by atoms with E-state index in [2.05, 4.69) is 50.3 Å². The summed E-state index contributed by atoms with van der Waals surface area (Å²) in [5.74, 6) is -0.833. The molecule has 2 unspecified atom stereocenters. The molecule has 1 heterocycles. The van der Waals surface area contributed by atoms with Crippen molar-refractivity contribution in [3.63, 3.8) is 0 Å². The number of hydrogen-bond acceptors (Lipinski definition) is 10. The van der Waals surface area contributed by atoms with Gasteiger partial charge in [0, 0.05) is 12.8 Å². The lowest BCUT2D eigenvalue weighted by molar-refractivity contribution is -0.305. The summed E-state index contributed by atoms with van der Waals surface area (Å²) in [6.45, 7) is 3.35. The first kappa shape index (κ1) is 49.9. The number of carbonyl (C=O) groups is 2. The third kappa shape index (κ3) is 26.7. The van der Waals surface area contributed by atoms with Crippen LogP contribution in [0.3, 0.4) is 0 Å². The van der Waals surface area contributed by atoms with Gasteiger partial charge in [0.2, 0.25) is 0 Å². The lowest BCUT2D eigenvalue weighted by Gasteiger charge is -2.39. The predicted octanol–water partition coefficient (Wildman–Crippen LogP) is 8.72. The highest BCUT2D eigenvalue weighted by Gasteiger charge is 2.44. The van der Waals surface area contributed by atoms with Crippen LogP contribution < -0.4 is 0 Å². The number of unbranched alkanes of at least 4 members (excludes halogenated alkanes) is 18. The van der Waals surface area contributed by atoms with E-state index in [-0.39, 0.29) is 32.0 Å². The first-order valence-electron chi connectivity index (χ1n) is 21.6. The van der Waals surface area contributed by atoms with Gasteiger partial charge in [0.05, 0.1) is 13.2 Å². The fraction of sp³-hybridized carbons (Fsp3) is 0.818. The smallest absolute Gasteiger partial charge is 0.306 e. The van der Waals surface area contributed by atoms with Crippen molar-refractivity contribution in [2.24, 2.45) is 0 Å². The van der Waals surface area contributed by atoms with E-state index < -0.39 is 49.4 Å². The molecular formula is C44H78O10. The molecule has 0 aromatic heterocycles. The van der Waals surface area contributed by atoms with Crippen LogP contribution in [-0.2, 0) is 28.5 Å². The van der Waals surface area contributed by atoms with Gasteiger partial charge in [0.1, 0.15) is 31.0 Å². The summed E-state index contributed by atoms with van der Waals surface area (Å²) in [6, 6.07) is 0. The average molecular weight is 767 g/mol. The standard InChI is InChI=1S/C44H78O10/c1-3-5-7-9-11-13-15-17-19-21-23-25-27-29-31-33-40(47)53-37(36-52-44-43(50)42(49)41(48)38(34-45)54-44)35-51-39(46)32-30-28-26-24-22-20-18-16-14-12-10-8-6-4-2/h11,13,16-19,37-38,41-45,48-50H,3-10,12,14-15,20-36H2,1-2H3/b13-11+,18-16+,19-17+/t37-,38-,41+,42?,43?,44-/m0/s1. The van der Waals surface area contributed by atoms with Gasteiger partial charge >= 0.3 is 11.9 Å². The molecule has 0 aromatic carbocycles. The van der Waals surface area contributed by atoms with Gasteiger partial charge in [-0.15, -0.1) is 0 Å². The zero-order valence-corrected chi connectivity index (χ0v) is 34.0. The fourth-order valence-corrected chi connectivity index (χ4v) is 6.27. The number of hydrogen-bond donors (Lipinski definition) is 4. The molecule has 1 aliphatic rings. The van der Waals surface area contributed by atoms with E-state index in [1.165, 1.54) is 57.8 Å². The number of ether oxygens (including phenoxy) is 4. The molecule has 1 aliphatic heterocycles. The normalized spacial score (nSPS) is 21.0. The number of aliphatic hydroxyl groups excluding tert-OH is 4. The zero-order valence-electron chi connectivity index (χ0n) is 34.0. The van der Waals surface area contributed by atoms with Crippen LogP contribution in [-0.4, -0.2) is 89.0 Å². The van der Waals surface area contributed by atoms with Crippen molar-refractivity contribution in [2.45, 2.75) is 211 Å². The van der Waals surface area contributed by atoms with E-state index in [9.17, 15) is 30.0 Å². The van der Waals surface area contributed by atoms with Gasteiger partial charge in [-0.2, -0.15) is 0 Å². The van der Waals surface area contributed by atoms with E-state index in [0.29, 0.717) is 12.8 Å². The molecule has 0 aromatic rings. The van der Waals surface area contributed by atoms with Crippen LogP contribution in [0.4, 0.5) is 0 Å². The minimum Gasteiger partial charge on any atom is -0.462 e. The number of rotatable bonds is 35. The monoisotopic (exact) mass is 767 g/mol. The molecule has 1 rings (SSSR count). The topological polar surface area (TPSA) is 152 Å². The van der Waals surface area contributed by atoms with Crippen LogP contribution in [0.2, 0.25) is 0 Å². The van der Waals surface area contributed by atoms with E-state index in [0.717, 1.165) is 77.0 Å². The highest BCUT2D eigenvalue weighted by Crippen LogP contribution is 2.22. The summed E-state index contributed by atoms with van der Waals surface area (Å²) in [5.41, 5.74) is 0. The maximum atomic E-state index is 12.7. The summed E-state index contributed by atoms with van der Waals surface area (Å²) < 4.78 is 22.1. The Bertz CT molecular complexity index is 980. The molecular weight excluding hydrogens is 688 g/mol. The maximum Gasteiger partial charge on any atom is 0.306 e. The Balaban J connectivity index is 2.37. The number of allylic oxidation sites excluding steroid dienone is 6. The first-order valence-corrected chi connectivity index (χ1v) is 21.6. The predicted molar refractivity (Wildman–Crippen MR) is 215 cm³/mol. The molecule has 0 bridgehead atoms. The Labute approximate surface area is 327 Å². The van der Waals surface area contributed by atoms with Crippen molar-refractivity contribution in [3.8, 4) is 0 Å². The van der Waals surface area contributed by atoms with Crippen LogP contribution in [0.5, 0.6) is 0 Å². The van der Waals surface area contributed by atoms with Gasteiger partial charge < -0.3 is 39.4 Å². The molecule has 0 saturated carbocycles. The second kappa shape index (κ2) is 35.3. The molecule has 4 N–H and O–H groups in total. The molecule has 0 radical (unpaired) electrons. The van der Waals surface area contributed by atoms with E-state index in [1.54, 1.807) is 0 Å². The van der Waals surface area contributed by atoms with Gasteiger partial charge in [-0.1, -0.05) is 127 Å². The maximum absolute atomic E-state index is 12.7. The Morgan fingerprint density at radius 3 is 1.59 bits per heavy atom. The number of carbonyl (C=O) groups excluding carboxylic acids is 2. The Morgan fingerprint density at radius 2 is 1.04 bits per heavy atom. The summed E-state index contributed by atoms with van der Waals surface area (Å²) in [7, 11) is 0. The van der Waals surface area contributed by atoms with Crippen LogP contribution in [0, 0.1) is 0 Å². The van der Waals surface area contributed by atoms with Crippen molar-refractivity contribution in [1.82, 2.24) is 0 Å². The summed E-state index contributed by atoms with van der Waals surface area (Å²) >= 11 is 0. The molecule has 54 heavy (non-hydrogen) atoms. The Hall–Kier alpha value is -2.08. The summed E-state index contributed by atoms with van der Waals surface area (Å²) in [6.07, 6.45) is 31.4. The van der Waals surface area contributed by atoms with Crippen LogP contribution in [0.1, 0.15) is 174 Å². The fourth-order valence-electron chi connectivity index (χ4n) is 6.27. The van der Waals surface area contributed by atoms with Crippen molar-refractivity contribution in [3.05, 3.63) is 36.5 Å². The van der Waals surface area contributed by atoms with Crippen molar-refractivity contribution in [2.75, 3.05) is 19.8 Å². The Morgan fingerprint density at radius 1 is 0.574 bits per heavy atom. The van der Waals surface area contributed by atoms with Crippen molar-refractivity contribution >= 4 is 11.9 Å². The summed E-state index contributed by atoms with van der Waals surface area (Å²) in [4.78, 5) is 25.3. The van der Waals surface area contributed by atoms with Gasteiger partial charge in [-0.25, -0.2) is 0 Å². The second-order valence-electron chi connectivity index (χ2n) is 14.8. The first-order chi connectivity index (χ1) is 26.3. The molecule has 6 atom stereocenters. The molecule has 10 nitrogen and oxygen atoms in total. The largest absolute Gasteiger partial charge is 0.462 e.